The molecule has 0 spiro atoms. The van der Waals surface area contributed by atoms with Gasteiger partial charge in [-0.15, -0.1) is 20.4 Å². The summed E-state index contributed by atoms with van der Waals surface area (Å²) < 4.78 is 0. The van der Waals surface area contributed by atoms with E-state index in [1.165, 1.54) is 0 Å². The Kier molecular flexibility index (Phi) is 3.24. The van der Waals surface area contributed by atoms with Gasteiger partial charge in [-0.25, -0.2) is 0 Å². The summed E-state index contributed by atoms with van der Waals surface area (Å²) in [4.78, 5) is 8.39. The number of aromatic nitrogens is 6. The van der Waals surface area contributed by atoms with Crippen LogP contribution in [0.25, 0.3) is 23.0 Å². The van der Waals surface area contributed by atoms with Gasteiger partial charge < -0.3 is 5.32 Å². The fourth-order valence-corrected chi connectivity index (χ4v) is 1.71. The second kappa shape index (κ2) is 5.35. The smallest absolute Gasteiger partial charge is 0.224 e. The minimum absolute atomic E-state index is 0.370. The molecule has 0 aromatic carbocycles. The first-order chi connectivity index (χ1) is 9.88. The quantitative estimate of drug-likeness (QED) is 0.766. The van der Waals surface area contributed by atoms with Crippen molar-refractivity contribution in [3.05, 3.63) is 42.7 Å². The molecule has 0 amide bonds. The van der Waals surface area contributed by atoms with Crippen molar-refractivity contribution < 1.29 is 0 Å². The highest BCUT2D eigenvalue weighted by Gasteiger charge is 2.11. The van der Waals surface area contributed by atoms with Gasteiger partial charge in [0.2, 0.25) is 11.6 Å². The highest BCUT2D eigenvalue weighted by atomic mass is 15.3. The van der Waals surface area contributed by atoms with Gasteiger partial charge in [0.25, 0.3) is 0 Å². The molecule has 0 aliphatic heterocycles. The largest absolute Gasteiger partial charge is 0.386 e. The van der Waals surface area contributed by atoms with Crippen molar-refractivity contribution in [2.24, 2.45) is 0 Å². The predicted molar refractivity (Wildman–Crippen MR) is 73.6 cm³/mol. The average Bonchev–Trinajstić information content (AvgIpc) is 2.56. The van der Waals surface area contributed by atoms with E-state index in [1.54, 1.807) is 18.5 Å². The molecule has 0 atom stereocenters. The molecule has 20 heavy (non-hydrogen) atoms. The van der Waals surface area contributed by atoms with Crippen molar-refractivity contribution >= 4 is 5.69 Å². The predicted octanol–water partition coefficient (Wildman–Crippen LogP) is 1.43. The zero-order chi connectivity index (χ0) is 13.8. The van der Waals surface area contributed by atoms with E-state index in [4.69, 9.17) is 0 Å². The van der Waals surface area contributed by atoms with Crippen molar-refractivity contribution in [3.63, 3.8) is 0 Å². The van der Waals surface area contributed by atoms with Crippen molar-refractivity contribution in [2.45, 2.75) is 0 Å². The summed E-state index contributed by atoms with van der Waals surface area (Å²) in [5, 5.41) is 19.3. The molecule has 3 aromatic rings. The van der Waals surface area contributed by atoms with Crippen molar-refractivity contribution in [2.75, 3.05) is 12.4 Å². The van der Waals surface area contributed by atoms with Gasteiger partial charge in [0.05, 0.1) is 5.69 Å². The van der Waals surface area contributed by atoms with E-state index in [0.717, 1.165) is 5.69 Å². The molecule has 0 radical (unpaired) electrons. The standard InChI is InChI=1S/C13H11N7/c1-14-9-6-4-8-16-11(9)13-19-17-12(18-20-13)10-5-2-3-7-15-10/h2-8,14H,1H3. The van der Waals surface area contributed by atoms with E-state index in [0.29, 0.717) is 23.0 Å². The highest BCUT2D eigenvalue weighted by molar-refractivity contribution is 5.68. The van der Waals surface area contributed by atoms with Crippen LogP contribution in [0.1, 0.15) is 0 Å². The monoisotopic (exact) mass is 265 g/mol. The number of rotatable bonds is 3. The number of nitrogens with one attached hydrogen (secondary N) is 1. The second-order valence-electron chi connectivity index (χ2n) is 3.91. The summed E-state index contributed by atoms with van der Waals surface area (Å²) in [6.07, 6.45) is 3.34. The maximum absolute atomic E-state index is 4.24. The Morgan fingerprint density at radius 1 is 0.800 bits per heavy atom. The van der Waals surface area contributed by atoms with E-state index in [-0.39, 0.29) is 0 Å². The van der Waals surface area contributed by atoms with Gasteiger partial charge in [0.1, 0.15) is 11.4 Å². The molecule has 0 unspecified atom stereocenters. The fourth-order valence-electron chi connectivity index (χ4n) is 1.71. The zero-order valence-corrected chi connectivity index (χ0v) is 10.7. The van der Waals surface area contributed by atoms with Gasteiger partial charge >= 0.3 is 0 Å². The summed E-state index contributed by atoms with van der Waals surface area (Å²) >= 11 is 0. The third-order valence-electron chi connectivity index (χ3n) is 2.66. The third kappa shape index (κ3) is 2.28. The molecule has 3 aromatic heterocycles. The van der Waals surface area contributed by atoms with Gasteiger partial charge in [0, 0.05) is 19.4 Å². The van der Waals surface area contributed by atoms with Gasteiger partial charge in [-0.1, -0.05) is 6.07 Å². The first-order valence-electron chi connectivity index (χ1n) is 6.00. The van der Waals surface area contributed by atoms with E-state index >= 15 is 0 Å². The van der Waals surface area contributed by atoms with Gasteiger partial charge in [-0.05, 0) is 24.3 Å². The Labute approximate surface area is 115 Å². The molecule has 7 heteroatoms. The summed E-state index contributed by atoms with van der Waals surface area (Å²) in [6, 6.07) is 9.21. The Balaban J connectivity index is 1.98. The van der Waals surface area contributed by atoms with Crippen LogP contribution < -0.4 is 5.32 Å². The molecule has 3 heterocycles. The minimum atomic E-state index is 0.370. The fraction of sp³-hybridized carbons (Fsp3) is 0.0769. The first kappa shape index (κ1) is 12.1. The van der Waals surface area contributed by atoms with Gasteiger partial charge in [-0.2, -0.15) is 0 Å². The highest BCUT2D eigenvalue weighted by Crippen LogP contribution is 2.20. The normalized spacial score (nSPS) is 10.2. The van der Waals surface area contributed by atoms with Crippen molar-refractivity contribution in [1.29, 1.82) is 0 Å². The van der Waals surface area contributed by atoms with Crippen LogP contribution in [-0.4, -0.2) is 37.4 Å². The Morgan fingerprint density at radius 3 is 2.25 bits per heavy atom. The molecule has 0 saturated carbocycles. The van der Waals surface area contributed by atoms with Crippen LogP contribution in [0.2, 0.25) is 0 Å². The van der Waals surface area contributed by atoms with Crippen LogP contribution in [0.4, 0.5) is 5.69 Å². The Hall–Kier alpha value is -2.96. The number of pyridine rings is 2. The summed E-state index contributed by atoms with van der Waals surface area (Å²) in [6.45, 7) is 0. The van der Waals surface area contributed by atoms with E-state index in [9.17, 15) is 0 Å². The molecule has 1 N–H and O–H groups in total. The van der Waals surface area contributed by atoms with E-state index in [1.807, 2.05) is 31.3 Å². The van der Waals surface area contributed by atoms with Crippen LogP contribution in [0, 0.1) is 0 Å². The Bertz CT molecular complexity index is 697. The van der Waals surface area contributed by atoms with Crippen LogP contribution in [-0.2, 0) is 0 Å². The van der Waals surface area contributed by atoms with Crippen molar-refractivity contribution in [1.82, 2.24) is 30.4 Å². The SMILES string of the molecule is CNc1cccnc1-c1nnc(-c2ccccn2)nn1. The molecule has 98 valence electrons. The minimum Gasteiger partial charge on any atom is -0.386 e. The van der Waals surface area contributed by atoms with E-state index < -0.39 is 0 Å². The molecule has 0 fully saturated rings. The molecule has 0 saturated heterocycles. The van der Waals surface area contributed by atoms with E-state index in [2.05, 4.69) is 35.7 Å². The van der Waals surface area contributed by atoms with Crippen LogP contribution in [0.15, 0.2) is 42.7 Å². The molecule has 0 aliphatic rings. The third-order valence-corrected chi connectivity index (χ3v) is 2.66. The van der Waals surface area contributed by atoms with Crippen molar-refractivity contribution in [3.8, 4) is 23.0 Å². The zero-order valence-electron chi connectivity index (χ0n) is 10.7. The lowest BCUT2D eigenvalue weighted by Crippen LogP contribution is -2.03. The number of hydrogen-bond donors (Lipinski definition) is 1. The lowest BCUT2D eigenvalue weighted by atomic mass is 10.3. The number of anilines is 1. The summed E-state index contributed by atoms with van der Waals surface area (Å²) in [7, 11) is 1.81. The van der Waals surface area contributed by atoms with Crippen LogP contribution >= 0.6 is 0 Å². The second-order valence-corrected chi connectivity index (χ2v) is 3.91. The molecule has 7 nitrogen and oxygen atoms in total. The molecular formula is C13H11N7. The Morgan fingerprint density at radius 2 is 1.55 bits per heavy atom. The molecular weight excluding hydrogens is 254 g/mol. The first-order valence-corrected chi connectivity index (χ1v) is 6.00. The van der Waals surface area contributed by atoms with Gasteiger partial charge in [0.15, 0.2) is 0 Å². The summed E-state index contributed by atoms with van der Waals surface area (Å²) in [5.41, 5.74) is 2.07. The summed E-state index contributed by atoms with van der Waals surface area (Å²) in [5.74, 6) is 0.755. The average molecular weight is 265 g/mol. The van der Waals surface area contributed by atoms with Crippen LogP contribution in [0.5, 0.6) is 0 Å². The lowest BCUT2D eigenvalue weighted by Gasteiger charge is -2.05. The maximum atomic E-state index is 4.24. The van der Waals surface area contributed by atoms with Gasteiger partial charge in [-0.3, -0.25) is 9.97 Å². The topological polar surface area (TPSA) is 89.4 Å². The lowest BCUT2D eigenvalue weighted by molar-refractivity contribution is 0.865. The molecule has 3 rings (SSSR count). The maximum Gasteiger partial charge on any atom is 0.224 e. The number of hydrogen-bond acceptors (Lipinski definition) is 7. The molecule has 0 aliphatic carbocycles. The number of nitrogens with zero attached hydrogens (tertiary/aromatic N) is 6. The molecule has 0 bridgehead atoms. The van der Waals surface area contributed by atoms with Crippen LogP contribution in [0.3, 0.4) is 0 Å².